The van der Waals surface area contributed by atoms with Crippen LogP contribution in [-0.4, -0.2) is 29.6 Å². The summed E-state index contributed by atoms with van der Waals surface area (Å²) in [5, 5.41) is 6.26. The van der Waals surface area contributed by atoms with Crippen LogP contribution in [0.2, 0.25) is 0 Å². The lowest BCUT2D eigenvalue weighted by molar-refractivity contribution is -0.123. The average Bonchev–Trinajstić information content (AvgIpc) is 2.80. The van der Waals surface area contributed by atoms with Gasteiger partial charge in [0.2, 0.25) is 5.91 Å². The fraction of sp³-hybridized carbons (Fsp3) is 0.900. The Morgan fingerprint density at radius 1 is 1.60 bits per heavy atom. The largest absolute Gasteiger partial charge is 0.352 e. The molecule has 3 nitrogen and oxygen atoms in total. The van der Waals surface area contributed by atoms with E-state index >= 15 is 0 Å². The minimum absolute atomic E-state index is 0. The number of nitrogens with one attached hydrogen (secondary N) is 2. The van der Waals surface area contributed by atoms with Gasteiger partial charge in [-0.05, 0) is 19.3 Å². The van der Waals surface area contributed by atoms with Crippen LogP contribution in [0.25, 0.3) is 0 Å². The molecule has 5 heteroatoms. The van der Waals surface area contributed by atoms with Gasteiger partial charge in [-0.3, -0.25) is 10.1 Å². The predicted octanol–water partition coefficient (Wildman–Crippen LogP) is 1.38. The Balaban J connectivity index is 0.00000112. The number of amides is 1. The third-order valence-corrected chi connectivity index (χ3v) is 3.75. The summed E-state index contributed by atoms with van der Waals surface area (Å²) >= 11 is 1.79. The number of thioether (sulfide) groups is 1. The van der Waals surface area contributed by atoms with E-state index in [0.29, 0.717) is 6.04 Å². The van der Waals surface area contributed by atoms with E-state index in [9.17, 15) is 4.79 Å². The first kappa shape index (κ1) is 13.1. The predicted molar refractivity (Wildman–Crippen MR) is 66.4 cm³/mol. The number of rotatable bonds is 4. The first-order valence-corrected chi connectivity index (χ1v) is 6.52. The quantitative estimate of drug-likeness (QED) is 0.792. The molecule has 2 atom stereocenters. The molecule has 1 saturated heterocycles. The maximum atomic E-state index is 11.7. The zero-order valence-electron chi connectivity index (χ0n) is 8.99. The van der Waals surface area contributed by atoms with Gasteiger partial charge in [0.05, 0.1) is 6.04 Å². The molecule has 0 radical (unpaired) electrons. The van der Waals surface area contributed by atoms with E-state index in [4.69, 9.17) is 0 Å². The summed E-state index contributed by atoms with van der Waals surface area (Å²) in [7, 11) is 0. The van der Waals surface area contributed by atoms with Gasteiger partial charge in [-0.2, -0.15) is 0 Å². The zero-order valence-corrected chi connectivity index (χ0v) is 10.6. The molecule has 0 spiro atoms. The summed E-state index contributed by atoms with van der Waals surface area (Å²) in [4.78, 5) is 11.7. The van der Waals surface area contributed by atoms with Crippen LogP contribution in [0.3, 0.4) is 0 Å². The second kappa shape index (κ2) is 5.97. The standard InChI is InChI=1S/C10H18N2OS.ClH/c1-7(4-8-2-3-8)12-10(13)9-5-14-6-11-9;/h7-9,11H,2-6H2,1H3,(H,12,13);1H. The highest BCUT2D eigenvalue weighted by atomic mass is 35.5. The minimum atomic E-state index is 0. The van der Waals surface area contributed by atoms with Gasteiger partial charge in [0.15, 0.2) is 0 Å². The van der Waals surface area contributed by atoms with Crippen LogP contribution in [0.15, 0.2) is 0 Å². The maximum absolute atomic E-state index is 11.7. The fourth-order valence-electron chi connectivity index (χ4n) is 1.82. The summed E-state index contributed by atoms with van der Waals surface area (Å²) in [5.74, 6) is 2.90. The van der Waals surface area contributed by atoms with Crippen molar-refractivity contribution in [2.75, 3.05) is 11.6 Å². The first-order chi connectivity index (χ1) is 6.75. The van der Waals surface area contributed by atoms with Gasteiger partial charge < -0.3 is 5.32 Å². The van der Waals surface area contributed by atoms with Crippen LogP contribution in [0.1, 0.15) is 26.2 Å². The van der Waals surface area contributed by atoms with Gasteiger partial charge in [-0.25, -0.2) is 0 Å². The molecule has 0 aromatic rings. The van der Waals surface area contributed by atoms with Crippen LogP contribution in [0.4, 0.5) is 0 Å². The normalized spacial score (nSPS) is 26.9. The molecule has 1 aliphatic carbocycles. The fourth-order valence-corrected chi connectivity index (χ4v) is 2.76. The molecule has 1 saturated carbocycles. The average molecular weight is 251 g/mol. The Morgan fingerprint density at radius 3 is 2.87 bits per heavy atom. The molecule has 0 aromatic carbocycles. The molecule has 0 bridgehead atoms. The molecule has 1 amide bonds. The third kappa shape index (κ3) is 4.21. The summed E-state index contributed by atoms with van der Waals surface area (Å²) in [6.45, 7) is 2.11. The molecular formula is C10H19ClN2OS. The summed E-state index contributed by atoms with van der Waals surface area (Å²) in [5.41, 5.74) is 0. The van der Waals surface area contributed by atoms with Crippen LogP contribution >= 0.6 is 24.2 Å². The summed E-state index contributed by atoms with van der Waals surface area (Å²) < 4.78 is 0. The number of carbonyl (C=O) groups is 1. The highest BCUT2D eigenvalue weighted by Gasteiger charge is 2.27. The Morgan fingerprint density at radius 2 is 2.33 bits per heavy atom. The molecule has 2 fully saturated rings. The molecule has 2 unspecified atom stereocenters. The smallest absolute Gasteiger partial charge is 0.238 e. The Kier molecular flexibility index (Phi) is 5.23. The van der Waals surface area contributed by atoms with Crippen LogP contribution in [-0.2, 0) is 4.79 Å². The van der Waals surface area contributed by atoms with E-state index < -0.39 is 0 Å². The van der Waals surface area contributed by atoms with Crippen molar-refractivity contribution < 1.29 is 4.79 Å². The Labute approximate surface area is 102 Å². The lowest BCUT2D eigenvalue weighted by Crippen LogP contribution is -2.45. The Hall–Kier alpha value is 0.0700. The van der Waals surface area contributed by atoms with Crippen LogP contribution in [0, 0.1) is 5.92 Å². The number of hydrogen-bond acceptors (Lipinski definition) is 3. The van der Waals surface area contributed by atoms with Gasteiger partial charge >= 0.3 is 0 Å². The monoisotopic (exact) mass is 250 g/mol. The molecule has 1 heterocycles. The van der Waals surface area contributed by atoms with Crippen molar-refractivity contribution in [3.63, 3.8) is 0 Å². The molecular weight excluding hydrogens is 232 g/mol. The molecule has 1 aliphatic heterocycles. The molecule has 15 heavy (non-hydrogen) atoms. The van der Waals surface area contributed by atoms with Crippen molar-refractivity contribution in [2.45, 2.75) is 38.3 Å². The molecule has 2 aliphatic rings. The van der Waals surface area contributed by atoms with Gasteiger partial charge in [-0.1, -0.05) is 12.8 Å². The lowest BCUT2D eigenvalue weighted by Gasteiger charge is -2.16. The van der Waals surface area contributed by atoms with Crippen molar-refractivity contribution in [3.05, 3.63) is 0 Å². The van der Waals surface area contributed by atoms with Crippen molar-refractivity contribution in [3.8, 4) is 0 Å². The maximum Gasteiger partial charge on any atom is 0.238 e. The SMILES string of the molecule is CC(CC1CC1)NC(=O)C1CSCN1.Cl. The third-order valence-electron chi connectivity index (χ3n) is 2.81. The summed E-state index contributed by atoms with van der Waals surface area (Å²) in [6, 6.07) is 0.393. The van der Waals surface area contributed by atoms with Gasteiger partial charge in [-0.15, -0.1) is 24.2 Å². The van der Waals surface area contributed by atoms with E-state index in [-0.39, 0.29) is 24.4 Å². The second-order valence-electron chi connectivity index (χ2n) is 4.36. The molecule has 2 N–H and O–H groups in total. The highest BCUT2D eigenvalue weighted by Crippen LogP contribution is 2.33. The van der Waals surface area contributed by atoms with Crippen molar-refractivity contribution in [1.29, 1.82) is 0 Å². The van der Waals surface area contributed by atoms with Gasteiger partial charge in [0, 0.05) is 17.7 Å². The first-order valence-electron chi connectivity index (χ1n) is 5.37. The molecule has 2 rings (SSSR count). The van der Waals surface area contributed by atoms with E-state index in [0.717, 1.165) is 24.0 Å². The zero-order chi connectivity index (χ0) is 9.97. The minimum Gasteiger partial charge on any atom is -0.352 e. The van der Waals surface area contributed by atoms with Gasteiger partial charge in [0.1, 0.15) is 0 Å². The second-order valence-corrected chi connectivity index (χ2v) is 5.39. The number of halogens is 1. The Bertz CT molecular complexity index is 217. The number of hydrogen-bond donors (Lipinski definition) is 2. The topological polar surface area (TPSA) is 41.1 Å². The summed E-state index contributed by atoms with van der Waals surface area (Å²) in [6.07, 6.45) is 3.88. The molecule has 88 valence electrons. The van der Waals surface area contributed by atoms with E-state index in [2.05, 4.69) is 17.6 Å². The van der Waals surface area contributed by atoms with E-state index in [1.165, 1.54) is 12.8 Å². The van der Waals surface area contributed by atoms with Crippen LogP contribution < -0.4 is 10.6 Å². The lowest BCUT2D eigenvalue weighted by atomic mass is 10.1. The van der Waals surface area contributed by atoms with E-state index in [1.807, 2.05) is 0 Å². The molecule has 0 aromatic heterocycles. The van der Waals surface area contributed by atoms with E-state index in [1.54, 1.807) is 11.8 Å². The highest BCUT2D eigenvalue weighted by molar-refractivity contribution is 7.99. The number of carbonyl (C=O) groups excluding carboxylic acids is 1. The van der Waals surface area contributed by atoms with Crippen molar-refractivity contribution in [2.24, 2.45) is 5.92 Å². The van der Waals surface area contributed by atoms with Crippen LogP contribution in [0.5, 0.6) is 0 Å². The van der Waals surface area contributed by atoms with Crippen molar-refractivity contribution in [1.82, 2.24) is 10.6 Å². The van der Waals surface area contributed by atoms with Gasteiger partial charge in [0.25, 0.3) is 0 Å². The van der Waals surface area contributed by atoms with Crippen molar-refractivity contribution >= 4 is 30.1 Å².